The predicted molar refractivity (Wildman–Crippen MR) is 120 cm³/mol. The van der Waals surface area contributed by atoms with Crippen LogP contribution in [0.3, 0.4) is 0 Å². The SMILES string of the molecule is COc1cc(/C(O)=C2\C(=O)C(=O)N(c3ccccc3)C2c2ccccn2)c(OC)cc1Cl. The quantitative estimate of drug-likeness (QED) is 0.352. The zero-order valence-corrected chi connectivity index (χ0v) is 18.0. The summed E-state index contributed by atoms with van der Waals surface area (Å²) in [5, 5.41) is 11.6. The zero-order valence-electron chi connectivity index (χ0n) is 17.3. The Kier molecular flexibility index (Phi) is 5.83. The highest BCUT2D eigenvalue weighted by atomic mass is 35.5. The van der Waals surface area contributed by atoms with Gasteiger partial charge in [0.2, 0.25) is 0 Å². The van der Waals surface area contributed by atoms with Crippen molar-refractivity contribution in [3.8, 4) is 11.5 Å². The van der Waals surface area contributed by atoms with E-state index in [9.17, 15) is 14.7 Å². The molecule has 7 nitrogen and oxygen atoms in total. The first-order valence-electron chi connectivity index (χ1n) is 9.66. The van der Waals surface area contributed by atoms with Crippen molar-refractivity contribution < 1.29 is 24.2 Å². The van der Waals surface area contributed by atoms with Crippen LogP contribution in [0.1, 0.15) is 17.3 Å². The molecule has 8 heteroatoms. The normalized spacial score (nSPS) is 17.5. The van der Waals surface area contributed by atoms with E-state index in [1.165, 1.54) is 31.3 Å². The van der Waals surface area contributed by atoms with Crippen LogP contribution < -0.4 is 14.4 Å². The van der Waals surface area contributed by atoms with Gasteiger partial charge in [-0.05, 0) is 30.3 Å². The lowest BCUT2D eigenvalue weighted by molar-refractivity contribution is -0.132. The second kappa shape index (κ2) is 8.72. The van der Waals surface area contributed by atoms with Gasteiger partial charge in [-0.15, -0.1) is 0 Å². The summed E-state index contributed by atoms with van der Waals surface area (Å²) in [6.07, 6.45) is 1.56. The molecular formula is C24H19ClN2O5. The monoisotopic (exact) mass is 450 g/mol. The van der Waals surface area contributed by atoms with E-state index in [1.807, 2.05) is 0 Å². The minimum absolute atomic E-state index is 0.111. The van der Waals surface area contributed by atoms with Crippen LogP contribution >= 0.6 is 11.6 Å². The van der Waals surface area contributed by atoms with Crippen molar-refractivity contribution in [2.75, 3.05) is 19.1 Å². The number of methoxy groups -OCH3 is 2. The minimum Gasteiger partial charge on any atom is -0.507 e. The van der Waals surface area contributed by atoms with Crippen LogP contribution in [-0.2, 0) is 9.59 Å². The fourth-order valence-corrected chi connectivity index (χ4v) is 3.93. The fourth-order valence-electron chi connectivity index (χ4n) is 3.70. The largest absolute Gasteiger partial charge is 0.507 e. The van der Waals surface area contributed by atoms with E-state index in [1.54, 1.807) is 54.7 Å². The number of aromatic nitrogens is 1. The van der Waals surface area contributed by atoms with Crippen LogP contribution in [0.25, 0.3) is 5.76 Å². The Balaban J connectivity index is 1.99. The van der Waals surface area contributed by atoms with Gasteiger partial charge in [-0.3, -0.25) is 19.5 Å². The smallest absolute Gasteiger partial charge is 0.300 e. The van der Waals surface area contributed by atoms with Crippen molar-refractivity contribution in [2.24, 2.45) is 0 Å². The molecule has 162 valence electrons. The van der Waals surface area contributed by atoms with Gasteiger partial charge in [-0.1, -0.05) is 35.9 Å². The van der Waals surface area contributed by atoms with Gasteiger partial charge in [-0.2, -0.15) is 0 Å². The van der Waals surface area contributed by atoms with Crippen LogP contribution in [-0.4, -0.2) is 36.0 Å². The van der Waals surface area contributed by atoms with E-state index in [0.29, 0.717) is 11.4 Å². The van der Waals surface area contributed by atoms with Crippen LogP contribution in [0.2, 0.25) is 5.02 Å². The highest BCUT2D eigenvalue weighted by Crippen LogP contribution is 2.44. The van der Waals surface area contributed by atoms with Crippen molar-refractivity contribution in [1.29, 1.82) is 0 Å². The minimum atomic E-state index is -0.940. The lowest BCUT2D eigenvalue weighted by Gasteiger charge is -2.24. The number of ketones is 1. The van der Waals surface area contributed by atoms with E-state index < -0.39 is 23.5 Å². The molecule has 1 aromatic heterocycles. The average Bonchev–Trinajstić information content (AvgIpc) is 3.10. The summed E-state index contributed by atoms with van der Waals surface area (Å²) in [6, 6.07) is 15.9. The number of carbonyl (C=O) groups is 2. The Morgan fingerprint density at radius 1 is 1.00 bits per heavy atom. The molecule has 1 saturated heterocycles. The first kappa shape index (κ1) is 21.4. The molecule has 4 rings (SSSR count). The van der Waals surface area contributed by atoms with E-state index >= 15 is 0 Å². The standard InChI is InChI=1S/C24H19ClN2O5/c1-31-18-13-16(25)19(32-2)12-15(18)22(28)20-21(17-10-6-7-11-26-17)27(24(30)23(20)29)14-8-4-3-5-9-14/h3-13,21,28H,1-2H3/b22-20+. The predicted octanol–water partition coefficient (Wildman–Crippen LogP) is 4.38. The third kappa shape index (κ3) is 3.56. The molecule has 0 aliphatic carbocycles. The maximum Gasteiger partial charge on any atom is 0.300 e. The number of amides is 1. The van der Waals surface area contributed by atoms with Crippen molar-refractivity contribution in [3.05, 3.63) is 88.7 Å². The van der Waals surface area contributed by atoms with E-state index in [2.05, 4.69) is 4.98 Å². The number of rotatable bonds is 5. The molecule has 0 spiro atoms. The van der Waals surface area contributed by atoms with Gasteiger partial charge in [0.15, 0.2) is 0 Å². The summed E-state index contributed by atoms with van der Waals surface area (Å²) >= 11 is 6.18. The molecule has 0 radical (unpaired) electrons. The summed E-state index contributed by atoms with van der Waals surface area (Å²) in [4.78, 5) is 32.0. The number of aliphatic hydroxyl groups excluding tert-OH is 1. The van der Waals surface area contributed by atoms with Crippen molar-refractivity contribution in [1.82, 2.24) is 4.98 Å². The fraction of sp³-hybridized carbons (Fsp3) is 0.125. The van der Waals surface area contributed by atoms with Crippen LogP contribution in [0.4, 0.5) is 5.69 Å². The molecule has 0 bridgehead atoms. The molecule has 2 aromatic carbocycles. The van der Waals surface area contributed by atoms with Gasteiger partial charge in [0.25, 0.3) is 11.7 Å². The summed E-state index contributed by atoms with van der Waals surface area (Å²) in [7, 11) is 2.84. The summed E-state index contributed by atoms with van der Waals surface area (Å²) < 4.78 is 10.6. The second-order valence-electron chi connectivity index (χ2n) is 6.95. The van der Waals surface area contributed by atoms with Crippen LogP contribution in [0.5, 0.6) is 11.5 Å². The number of benzene rings is 2. The highest BCUT2D eigenvalue weighted by molar-refractivity contribution is 6.51. The van der Waals surface area contributed by atoms with Crippen LogP contribution in [0, 0.1) is 0 Å². The van der Waals surface area contributed by atoms with Gasteiger partial charge in [0, 0.05) is 18.0 Å². The Morgan fingerprint density at radius 2 is 1.69 bits per heavy atom. The Labute approximate surface area is 189 Å². The summed E-state index contributed by atoms with van der Waals surface area (Å²) in [6.45, 7) is 0. The van der Waals surface area contributed by atoms with Gasteiger partial charge in [-0.25, -0.2) is 0 Å². The van der Waals surface area contributed by atoms with Gasteiger partial charge < -0.3 is 14.6 Å². The number of hydrogen-bond acceptors (Lipinski definition) is 6. The first-order valence-corrected chi connectivity index (χ1v) is 10.0. The molecule has 1 N–H and O–H groups in total. The molecule has 1 unspecified atom stereocenters. The van der Waals surface area contributed by atoms with E-state index in [0.717, 1.165) is 0 Å². The maximum atomic E-state index is 13.2. The van der Waals surface area contributed by atoms with Crippen molar-refractivity contribution in [3.63, 3.8) is 0 Å². The number of hydrogen-bond donors (Lipinski definition) is 1. The molecule has 1 fully saturated rings. The lowest BCUT2D eigenvalue weighted by Crippen LogP contribution is -2.29. The number of nitrogens with zero attached hydrogens (tertiary/aromatic N) is 2. The maximum absolute atomic E-state index is 13.2. The Hall–Kier alpha value is -3.84. The number of pyridine rings is 1. The van der Waals surface area contributed by atoms with E-state index in [-0.39, 0.29) is 27.7 Å². The summed E-state index contributed by atoms with van der Waals surface area (Å²) in [5.74, 6) is -1.52. The van der Waals surface area contributed by atoms with E-state index in [4.69, 9.17) is 21.1 Å². The molecule has 1 amide bonds. The van der Waals surface area contributed by atoms with Crippen molar-refractivity contribution >= 4 is 34.7 Å². The Bertz CT molecular complexity index is 1210. The molecule has 2 heterocycles. The topological polar surface area (TPSA) is 89.0 Å². The number of halogens is 1. The molecule has 1 aliphatic heterocycles. The number of aliphatic hydroxyl groups is 1. The first-order chi connectivity index (χ1) is 15.5. The second-order valence-corrected chi connectivity index (χ2v) is 7.35. The Morgan fingerprint density at radius 3 is 2.31 bits per heavy atom. The third-order valence-electron chi connectivity index (χ3n) is 5.18. The van der Waals surface area contributed by atoms with Crippen LogP contribution in [0.15, 0.2) is 72.4 Å². The number of anilines is 1. The number of Topliss-reactive ketones (excluding diaryl/α,β-unsaturated/α-hetero) is 1. The summed E-state index contributed by atoms with van der Waals surface area (Å²) in [5.41, 5.74) is 0.989. The molecular weight excluding hydrogens is 432 g/mol. The molecule has 1 aliphatic rings. The molecule has 0 saturated carbocycles. The van der Waals surface area contributed by atoms with Gasteiger partial charge in [0.1, 0.15) is 23.3 Å². The van der Waals surface area contributed by atoms with Crippen molar-refractivity contribution in [2.45, 2.75) is 6.04 Å². The zero-order chi connectivity index (χ0) is 22.8. The van der Waals surface area contributed by atoms with Gasteiger partial charge >= 0.3 is 0 Å². The lowest BCUT2D eigenvalue weighted by atomic mass is 9.97. The number of carbonyl (C=O) groups excluding carboxylic acids is 2. The number of ether oxygens (including phenoxy) is 2. The average molecular weight is 451 g/mol. The molecule has 3 aromatic rings. The highest BCUT2D eigenvalue weighted by Gasteiger charge is 2.47. The number of para-hydroxylation sites is 1. The molecule has 1 atom stereocenters. The third-order valence-corrected chi connectivity index (χ3v) is 5.47. The molecule has 32 heavy (non-hydrogen) atoms. The van der Waals surface area contributed by atoms with Gasteiger partial charge in [0.05, 0.1) is 36.1 Å².